The lowest BCUT2D eigenvalue weighted by Crippen LogP contribution is -2.61. The van der Waals surface area contributed by atoms with Crippen LogP contribution in [0.25, 0.3) is 0 Å². The third kappa shape index (κ3) is 8.10. The van der Waals surface area contributed by atoms with E-state index in [2.05, 4.69) is 10.3 Å². The number of nitrogens with one attached hydrogen (secondary N) is 1. The number of hydrogen-bond donors (Lipinski definition) is 3. The molecule has 0 aromatic heterocycles. The summed E-state index contributed by atoms with van der Waals surface area (Å²) in [5.41, 5.74) is 6.53. The van der Waals surface area contributed by atoms with E-state index in [0.29, 0.717) is 13.2 Å². The van der Waals surface area contributed by atoms with Crippen LogP contribution < -0.4 is 11.1 Å². The number of ether oxygens (including phenoxy) is 3. The number of aliphatic hydroxyl groups is 1. The summed E-state index contributed by atoms with van der Waals surface area (Å²) in [5, 5.41) is 13.4. The van der Waals surface area contributed by atoms with Crippen LogP contribution in [-0.4, -0.2) is 59.5 Å². The van der Waals surface area contributed by atoms with Crippen LogP contribution in [0.5, 0.6) is 0 Å². The molecule has 174 valence electrons. The number of nitrogens with two attached hydrogens (primary N) is 1. The Morgan fingerprint density at radius 1 is 1.35 bits per heavy atom. The van der Waals surface area contributed by atoms with Crippen LogP contribution in [0.3, 0.4) is 0 Å². The van der Waals surface area contributed by atoms with E-state index >= 15 is 0 Å². The number of aliphatic hydroxyl groups excluding tert-OH is 1. The number of nitrogens with zero attached hydrogens (tertiary/aromatic N) is 2. The first-order chi connectivity index (χ1) is 14.8. The smallest absolute Gasteiger partial charge is 0.437 e. The van der Waals surface area contributed by atoms with E-state index in [4.69, 9.17) is 19.9 Å². The van der Waals surface area contributed by atoms with Gasteiger partial charge in [0.25, 0.3) is 0 Å². The normalized spacial score (nSPS) is 21.1. The molecule has 1 aliphatic heterocycles. The second-order valence-electron chi connectivity index (χ2n) is 8.05. The number of carbonyl (C=O) groups excluding carboxylic acids is 1. The molecule has 1 aromatic rings. The second-order valence-corrected chi connectivity index (χ2v) is 8.05. The van der Waals surface area contributed by atoms with E-state index in [-0.39, 0.29) is 18.6 Å². The maximum atomic E-state index is 12.2. The Morgan fingerprint density at radius 2 is 2.06 bits per heavy atom. The summed E-state index contributed by atoms with van der Waals surface area (Å²) in [4.78, 5) is 17.8. The molecule has 0 saturated carbocycles. The molecule has 2 rings (SSSR count). The predicted molar refractivity (Wildman–Crippen MR) is 118 cm³/mol. The molecule has 0 bridgehead atoms. The highest BCUT2D eigenvalue weighted by molar-refractivity contribution is 5.89. The first-order valence-electron chi connectivity index (χ1n) is 10.8. The predicted octanol–water partition coefficient (Wildman–Crippen LogP) is 2.54. The van der Waals surface area contributed by atoms with Crippen LogP contribution in [0.4, 0.5) is 4.79 Å². The van der Waals surface area contributed by atoms with Gasteiger partial charge in [0.2, 0.25) is 12.4 Å². The molecule has 0 spiro atoms. The summed E-state index contributed by atoms with van der Waals surface area (Å²) in [6, 6.07) is 9.09. The van der Waals surface area contributed by atoms with Gasteiger partial charge in [0.1, 0.15) is 12.8 Å². The van der Waals surface area contributed by atoms with Crippen LogP contribution >= 0.6 is 0 Å². The fourth-order valence-electron chi connectivity index (χ4n) is 3.27. The van der Waals surface area contributed by atoms with Gasteiger partial charge in [0.05, 0.1) is 11.6 Å². The summed E-state index contributed by atoms with van der Waals surface area (Å²) >= 11 is 0. The average molecular weight is 437 g/mol. The summed E-state index contributed by atoms with van der Waals surface area (Å²) in [7, 11) is 0. The third-order valence-corrected chi connectivity index (χ3v) is 5.25. The Hall–Kier alpha value is -2.20. The zero-order chi connectivity index (χ0) is 22.9. The van der Waals surface area contributed by atoms with Gasteiger partial charge in [-0.25, -0.2) is 4.79 Å². The lowest BCUT2D eigenvalue weighted by Gasteiger charge is -2.42. The highest BCUT2D eigenvalue weighted by atomic mass is 16.6. The number of amides is 1. The molecule has 0 radical (unpaired) electrons. The zero-order valence-electron chi connectivity index (χ0n) is 18.9. The lowest BCUT2D eigenvalue weighted by atomic mass is 10.0. The molecule has 1 aromatic carbocycles. The molecule has 31 heavy (non-hydrogen) atoms. The maximum absolute atomic E-state index is 12.2. The van der Waals surface area contributed by atoms with E-state index < -0.39 is 24.3 Å². The van der Waals surface area contributed by atoms with Gasteiger partial charge in [-0.15, -0.1) is 4.99 Å². The molecule has 1 heterocycles. The topological polar surface area (TPSA) is 119 Å². The number of likely N-dealkylation sites (tertiary alicyclic amines) is 1. The van der Waals surface area contributed by atoms with Crippen molar-refractivity contribution in [3.63, 3.8) is 0 Å². The minimum atomic E-state index is -1.16. The zero-order valence-corrected chi connectivity index (χ0v) is 18.9. The van der Waals surface area contributed by atoms with Crippen molar-refractivity contribution in [2.45, 2.75) is 77.8 Å². The summed E-state index contributed by atoms with van der Waals surface area (Å²) in [5.74, 6) is 0.0207. The van der Waals surface area contributed by atoms with E-state index in [0.717, 1.165) is 24.8 Å². The monoisotopic (exact) mass is 436 g/mol. The second kappa shape index (κ2) is 12.0. The highest BCUT2D eigenvalue weighted by Crippen LogP contribution is 2.21. The molecule has 1 saturated heterocycles. The Kier molecular flexibility index (Phi) is 9.70. The van der Waals surface area contributed by atoms with Crippen LogP contribution in [0.1, 0.15) is 52.5 Å². The van der Waals surface area contributed by atoms with E-state index in [1.165, 1.54) is 0 Å². The largest absolute Gasteiger partial charge is 0.443 e. The quantitative estimate of drug-likeness (QED) is 0.307. The van der Waals surface area contributed by atoms with Crippen molar-refractivity contribution in [2.75, 3.05) is 13.2 Å². The van der Waals surface area contributed by atoms with Crippen molar-refractivity contribution in [3.8, 4) is 0 Å². The number of piperidine rings is 1. The Bertz CT molecular complexity index is 713. The van der Waals surface area contributed by atoms with Crippen molar-refractivity contribution >= 4 is 12.1 Å². The summed E-state index contributed by atoms with van der Waals surface area (Å²) in [6.45, 7) is 8.81. The molecular weight excluding hydrogens is 400 g/mol. The van der Waals surface area contributed by atoms with Crippen molar-refractivity contribution in [1.82, 2.24) is 10.2 Å². The highest BCUT2D eigenvalue weighted by Gasteiger charge is 2.35. The SMILES string of the molecule is CCOC1C(NC(O)OC(C)(C)CC)CCCN1/C(N)=N/C(=O)OCc1ccccc1. The van der Waals surface area contributed by atoms with Gasteiger partial charge in [-0.2, -0.15) is 0 Å². The van der Waals surface area contributed by atoms with Gasteiger partial charge in [-0.05, 0) is 45.6 Å². The third-order valence-electron chi connectivity index (χ3n) is 5.25. The van der Waals surface area contributed by atoms with Crippen LogP contribution in [-0.2, 0) is 20.8 Å². The first kappa shape index (κ1) is 25.1. The van der Waals surface area contributed by atoms with Gasteiger partial charge in [0, 0.05) is 13.2 Å². The van der Waals surface area contributed by atoms with Crippen LogP contribution in [0, 0.1) is 0 Å². The van der Waals surface area contributed by atoms with Crippen molar-refractivity contribution in [1.29, 1.82) is 0 Å². The molecule has 9 heteroatoms. The Morgan fingerprint density at radius 3 is 2.71 bits per heavy atom. The molecule has 3 atom stereocenters. The van der Waals surface area contributed by atoms with E-state index in [1.807, 2.05) is 58.0 Å². The number of carbonyl (C=O) groups is 1. The van der Waals surface area contributed by atoms with Gasteiger partial charge in [-0.3, -0.25) is 5.32 Å². The van der Waals surface area contributed by atoms with Crippen molar-refractivity contribution in [2.24, 2.45) is 10.7 Å². The molecule has 0 aliphatic carbocycles. The maximum Gasteiger partial charge on any atom is 0.437 e. The van der Waals surface area contributed by atoms with Crippen molar-refractivity contribution < 1.29 is 24.1 Å². The van der Waals surface area contributed by atoms with Crippen LogP contribution in [0.2, 0.25) is 0 Å². The van der Waals surface area contributed by atoms with Crippen molar-refractivity contribution in [3.05, 3.63) is 35.9 Å². The Balaban J connectivity index is 2.01. The van der Waals surface area contributed by atoms with Gasteiger partial charge < -0.3 is 30.0 Å². The molecule has 3 unspecified atom stereocenters. The number of hydrogen-bond acceptors (Lipinski definition) is 6. The van der Waals surface area contributed by atoms with Gasteiger partial charge in [0.15, 0.2) is 0 Å². The molecular formula is C22H36N4O5. The van der Waals surface area contributed by atoms with E-state index in [9.17, 15) is 9.90 Å². The number of aliphatic imine (C=N–C) groups is 1. The molecule has 1 fully saturated rings. The standard InChI is InChI=1S/C22H36N4O5/c1-5-22(3,4)31-21(28)24-17-13-10-14-26(18(17)29-6-2)19(23)25-20(27)30-15-16-11-8-7-9-12-16/h7-9,11-12,17-18,21,24,28H,5-6,10,13-15H2,1-4H3,(H2,23,25,27). The number of guanidine groups is 1. The van der Waals surface area contributed by atoms with Gasteiger partial charge in [-0.1, -0.05) is 37.3 Å². The number of benzene rings is 1. The molecule has 4 N–H and O–H groups in total. The minimum absolute atomic E-state index is 0.0207. The average Bonchev–Trinajstić information content (AvgIpc) is 2.74. The molecule has 9 nitrogen and oxygen atoms in total. The van der Waals surface area contributed by atoms with Crippen LogP contribution in [0.15, 0.2) is 35.3 Å². The lowest BCUT2D eigenvalue weighted by molar-refractivity contribution is -0.203. The molecule has 1 aliphatic rings. The minimum Gasteiger partial charge on any atom is -0.443 e. The van der Waals surface area contributed by atoms with E-state index in [1.54, 1.807) is 4.90 Å². The fraction of sp³-hybridized carbons (Fsp3) is 0.636. The van der Waals surface area contributed by atoms with Gasteiger partial charge >= 0.3 is 6.09 Å². The first-order valence-corrected chi connectivity index (χ1v) is 10.8. The summed E-state index contributed by atoms with van der Waals surface area (Å²) in [6.07, 6.45) is -0.147. The number of rotatable bonds is 9. The summed E-state index contributed by atoms with van der Waals surface area (Å²) < 4.78 is 16.8. The Labute approximate surface area is 184 Å². The molecule has 1 amide bonds. The fourth-order valence-corrected chi connectivity index (χ4v) is 3.27.